The van der Waals surface area contributed by atoms with Crippen LogP contribution in [-0.4, -0.2) is 11.7 Å². The Hall–Kier alpha value is -1.10. The molecule has 0 aliphatic heterocycles. The Morgan fingerprint density at radius 3 is 2.47 bits per heavy atom. The number of alkyl halides is 2. The van der Waals surface area contributed by atoms with E-state index in [-0.39, 0.29) is 11.3 Å². The van der Waals surface area contributed by atoms with Crippen molar-refractivity contribution in [2.45, 2.75) is 20.5 Å². The van der Waals surface area contributed by atoms with E-state index in [1.165, 1.54) is 0 Å². The molecule has 15 heavy (non-hydrogen) atoms. The van der Waals surface area contributed by atoms with Gasteiger partial charge in [-0.15, -0.1) is 12.6 Å². The van der Waals surface area contributed by atoms with Crippen molar-refractivity contribution < 1.29 is 18.3 Å². The van der Waals surface area contributed by atoms with Crippen LogP contribution in [0.1, 0.15) is 21.5 Å². The highest BCUT2D eigenvalue weighted by Crippen LogP contribution is 2.28. The molecule has 0 saturated heterocycles. The molecular formula is C10H10F2O2S. The first-order valence-electron chi connectivity index (χ1n) is 4.21. The number of hydrogen-bond donors (Lipinski definition) is 1. The highest BCUT2D eigenvalue weighted by Gasteiger charge is 2.15. The van der Waals surface area contributed by atoms with Crippen molar-refractivity contribution in [1.29, 1.82) is 0 Å². The van der Waals surface area contributed by atoms with E-state index in [0.29, 0.717) is 11.1 Å². The fourth-order valence-corrected chi connectivity index (χ4v) is 1.57. The molecule has 1 aromatic carbocycles. The second-order valence-corrected chi connectivity index (χ2v) is 3.47. The second-order valence-electron chi connectivity index (χ2n) is 3.07. The zero-order valence-corrected chi connectivity index (χ0v) is 9.15. The van der Waals surface area contributed by atoms with E-state index in [1.807, 2.05) is 0 Å². The van der Waals surface area contributed by atoms with E-state index >= 15 is 0 Å². The summed E-state index contributed by atoms with van der Waals surface area (Å²) in [7, 11) is 0. The maximum Gasteiger partial charge on any atom is 0.387 e. The quantitative estimate of drug-likeness (QED) is 0.811. The lowest BCUT2D eigenvalue weighted by Gasteiger charge is -2.12. The molecule has 0 saturated carbocycles. The van der Waals surface area contributed by atoms with Crippen LogP contribution in [0, 0.1) is 13.8 Å². The van der Waals surface area contributed by atoms with Gasteiger partial charge in [0.2, 0.25) is 5.12 Å². The minimum absolute atomic E-state index is 0.0462. The summed E-state index contributed by atoms with van der Waals surface area (Å²) in [5.41, 5.74) is 1.22. The molecule has 0 amide bonds. The third-order valence-electron chi connectivity index (χ3n) is 2.04. The average molecular weight is 232 g/mol. The molecule has 0 aliphatic rings. The van der Waals surface area contributed by atoms with Gasteiger partial charge in [-0.2, -0.15) is 8.78 Å². The van der Waals surface area contributed by atoms with Crippen molar-refractivity contribution in [3.8, 4) is 5.75 Å². The molecule has 0 bridgehead atoms. The zero-order chi connectivity index (χ0) is 11.6. The molecule has 0 spiro atoms. The minimum Gasteiger partial charge on any atom is -0.434 e. The summed E-state index contributed by atoms with van der Waals surface area (Å²) in [6, 6.07) is 3.09. The van der Waals surface area contributed by atoms with Crippen LogP contribution in [0.2, 0.25) is 0 Å². The van der Waals surface area contributed by atoms with Crippen molar-refractivity contribution in [1.82, 2.24) is 0 Å². The fourth-order valence-electron chi connectivity index (χ4n) is 1.33. The first kappa shape index (κ1) is 12.0. The van der Waals surface area contributed by atoms with Crippen LogP contribution in [0.5, 0.6) is 5.75 Å². The van der Waals surface area contributed by atoms with Crippen LogP contribution in [-0.2, 0) is 0 Å². The summed E-state index contributed by atoms with van der Waals surface area (Å²) < 4.78 is 28.5. The molecule has 0 heterocycles. The number of rotatable bonds is 3. The maximum absolute atomic E-state index is 12.1. The third-order valence-corrected chi connectivity index (χ3v) is 2.28. The molecule has 82 valence electrons. The Kier molecular flexibility index (Phi) is 3.68. The van der Waals surface area contributed by atoms with Gasteiger partial charge >= 0.3 is 6.61 Å². The summed E-state index contributed by atoms with van der Waals surface area (Å²) in [4.78, 5) is 11.0. The number of aryl methyl sites for hydroxylation is 1. The molecule has 5 heteroatoms. The molecule has 0 unspecified atom stereocenters. The van der Waals surface area contributed by atoms with Crippen molar-refractivity contribution in [3.05, 3.63) is 28.8 Å². The van der Waals surface area contributed by atoms with Gasteiger partial charge in [-0.3, -0.25) is 4.79 Å². The lowest BCUT2D eigenvalue weighted by Crippen LogP contribution is -2.07. The van der Waals surface area contributed by atoms with E-state index in [1.54, 1.807) is 26.0 Å². The van der Waals surface area contributed by atoms with Gasteiger partial charge in [0.15, 0.2) is 0 Å². The molecule has 0 aliphatic carbocycles. The van der Waals surface area contributed by atoms with Gasteiger partial charge < -0.3 is 4.74 Å². The molecule has 2 nitrogen and oxygen atoms in total. The van der Waals surface area contributed by atoms with E-state index in [0.717, 1.165) is 0 Å². The molecule has 0 atom stereocenters. The van der Waals surface area contributed by atoms with Crippen molar-refractivity contribution in [2.75, 3.05) is 0 Å². The van der Waals surface area contributed by atoms with Gasteiger partial charge in [-0.25, -0.2) is 0 Å². The predicted octanol–water partition coefficient (Wildman–Crippen LogP) is 2.97. The van der Waals surface area contributed by atoms with Gasteiger partial charge in [0.05, 0.1) is 0 Å². The summed E-state index contributed by atoms with van der Waals surface area (Å²) >= 11 is 3.65. The smallest absolute Gasteiger partial charge is 0.387 e. The van der Waals surface area contributed by atoms with Gasteiger partial charge in [0, 0.05) is 11.1 Å². The van der Waals surface area contributed by atoms with Gasteiger partial charge in [0.1, 0.15) is 5.75 Å². The summed E-state index contributed by atoms with van der Waals surface area (Å²) in [6.45, 7) is 0.290. The summed E-state index contributed by atoms with van der Waals surface area (Å²) in [6.07, 6.45) is 0. The van der Waals surface area contributed by atoms with Gasteiger partial charge in [-0.1, -0.05) is 6.07 Å². The molecular weight excluding hydrogens is 222 g/mol. The second kappa shape index (κ2) is 4.61. The zero-order valence-electron chi connectivity index (χ0n) is 8.25. The van der Waals surface area contributed by atoms with Crippen LogP contribution in [0.15, 0.2) is 12.1 Å². The Bertz CT molecular complexity index is 391. The Morgan fingerprint density at radius 1 is 1.40 bits per heavy atom. The average Bonchev–Trinajstić information content (AvgIpc) is 2.11. The van der Waals surface area contributed by atoms with Crippen LogP contribution < -0.4 is 4.74 Å². The molecule has 1 aromatic rings. The SMILES string of the molecule is Cc1ccc(C(=O)S)c(C)c1OC(F)F. The summed E-state index contributed by atoms with van der Waals surface area (Å²) in [5, 5.41) is -0.466. The van der Waals surface area contributed by atoms with Crippen molar-refractivity contribution in [2.24, 2.45) is 0 Å². The standard InChI is InChI=1S/C10H10F2O2S/c1-5-3-4-7(9(13)15)6(2)8(5)14-10(11)12/h3-4,10H,1-2H3,(H,13,15). The largest absolute Gasteiger partial charge is 0.434 e. The van der Waals surface area contributed by atoms with Crippen molar-refractivity contribution in [3.63, 3.8) is 0 Å². The van der Waals surface area contributed by atoms with Crippen LogP contribution >= 0.6 is 12.6 Å². The Labute approximate surface area is 91.7 Å². The number of carbonyl (C=O) groups excluding carboxylic acids is 1. The number of carbonyl (C=O) groups is 1. The minimum atomic E-state index is -2.90. The normalized spacial score (nSPS) is 10.5. The van der Waals surface area contributed by atoms with Gasteiger partial charge in [-0.05, 0) is 25.5 Å². The Morgan fingerprint density at radius 2 is 2.00 bits per heavy atom. The highest BCUT2D eigenvalue weighted by molar-refractivity contribution is 7.97. The van der Waals surface area contributed by atoms with E-state index in [2.05, 4.69) is 17.4 Å². The van der Waals surface area contributed by atoms with Gasteiger partial charge in [0.25, 0.3) is 0 Å². The third kappa shape index (κ3) is 2.68. The van der Waals surface area contributed by atoms with Crippen molar-refractivity contribution >= 4 is 17.7 Å². The predicted molar refractivity (Wildman–Crippen MR) is 55.9 cm³/mol. The molecule has 0 fully saturated rings. The molecule has 0 N–H and O–H groups in total. The number of thiol groups is 1. The molecule has 0 radical (unpaired) electrons. The lowest BCUT2D eigenvalue weighted by atomic mass is 10.1. The molecule has 1 rings (SSSR count). The van der Waals surface area contributed by atoms with E-state index in [4.69, 9.17) is 0 Å². The van der Waals surface area contributed by atoms with E-state index < -0.39 is 11.7 Å². The summed E-state index contributed by atoms with van der Waals surface area (Å²) in [5.74, 6) is 0.0462. The monoisotopic (exact) mass is 232 g/mol. The first-order chi connectivity index (χ1) is 6.93. The number of benzene rings is 1. The lowest BCUT2D eigenvalue weighted by molar-refractivity contribution is -0.0507. The first-order valence-corrected chi connectivity index (χ1v) is 4.66. The molecule has 0 aromatic heterocycles. The van der Waals surface area contributed by atoms with Crippen LogP contribution in [0.3, 0.4) is 0 Å². The Balaban J connectivity index is 3.24. The fraction of sp³-hybridized carbons (Fsp3) is 0.300. The highest BCUT2D eigenvalue weighted by atomic mass is 32.1. The van der Waals surface area contributed by atoms with Crippen LogP contribution in [0.25, 0.3) is 0 Å². The maximum atomic E-state index is 12.1. The number of halogens is 2. The van der Waals surface area contributed by atoms with Crippen LogP contribution in [0.4, 0.5) is 8.78 Å². The number of hydrogen-bond acceptors (Lipinski definition) is 2. The van der Waals surface area contributed by atoms with E-state index in [9.17, 15) is 13.6 Å². The number of ether oxygens (including phenoxy) is 1. The topological polar surface area (TPSA) is 26.3 Å².